The SMILES string of the molecule is [C-]#[N+]c1ccc(-c2ccc3c(c2)c2cc(-c4ccc([N+]#[C-])cc4)ccc2n3-c2cnc(-n3c4ccc(-c5ccc(C#N)cc5)cc4c4cc(-c5ccc(C#N)cc5)ccc43)cc2-c2ccc([N+]#[C-])cc2)cc1. The fourth-order valence-electron chi connectivity index (χ4n) is 9.89. The molecule has 0 bridgehead atoms. The molecular formula is C64H34N8. The Morgan fingerprint density at radius 2 is 0.653 bits per heavy atom. The molecule has 12 rings (SSSR count). The van der Waals surface area contributed by atoms with Crippen LogP contribution < -0.4 is 0 Å². The van der Waals surface area contributed by atoms with E-state index in [4.69, 9.17) is 24.7 Å². The normalized spacial score (nSPS) is 11.0. The summed E-state index contributed by atoms with van der Waals surface area (Å²) < 4.78 is 4.48. The van der Waals surface area contributed by atoms with Crippen LogP contribution in [0, 0.1) is 42.4 Å². The molecule has 3 aromatic heterocycles. The van der Waals surface area contributed by atoms with Crippen molar-refractivity contribution in [2.24, 2.45) is 0 Å². The van der Waals surface area contributed by atoms with Crippen molar-refractivity contribution in [1.82, 2.24) is 14.1 Å². The third-order valence-corrected chi connectivity index (χ3v) is 13.5. The van der Waals surface area contributed by atoms with Gasteiger partial charge in [0.1, 0.15) is 5.82 Å². The predicted molar refractivity (Wildman–Crippen MR) is 288 cm³/mol. The van der Waals surface area contributed by atoms with Crippen molar-refractivity contribution in [3.05, 3.63) is 252 Å². The number of benzene rings is 9. The Balaban J connectivity index is 1.10. The van der Waals surface area contributed by atoms with Gasteiger partial charge >= 0.3 is 0 Å². The summed E-state index contributed by atoms with van der Waals surface area (Å²) in [5, 5.41) is 23.2. The molecule has 0 saturated carbocycles. The zero-order valence-electron chi connectivity index (χ0n) is 38.2. The van der Waals surface area contributed by atoms with Crippen LogP contribution in [0.3, 0.4) is 0 Å². The van der Waals surface area contributed by atoms with Gasteiger partial charge in [0.2, 0.25) is 0 Å². The maximum Gasteiger partial charge on any atom is 0.187 e. The second-order valence-electron chi connectivity index (χ2n) is 17.5. The molecule has 0 atom stereocenters. The average Bonchev–Trinajstić information content (AvgIpc) is 3.96. The van der Waals surface area contributed by atoms with Crippen molar-refractivity contribution in [2.45, 2.75) is 0 Å². The summed E-state index contributed by atoms with van der Waals surface area (Å²) in [6.07, 6.45) is 1.95. The summed E-state index contributed by atoms with van der Waals surface area (Å²) >= 11 is 0. The third kappa shape index (κ3) is 7.25. The van der Waals surface area contributed by atoms with E-state index in [0.717, 1.165) is 105 Å². The first kappa shape index (κ1) is 42.5. The zero-order valence-corrected chi connectivity index (χ0v) is 38.2. The van der Waals surface area contributed by atoms with Crippen molar-refractivity contribution in [1.29, 1.82) is 10.5 Å². The highest BCUT2D eigenvalue weighted by Crippen LogP contribution is 2.43. The molecule has 0 N–H and O–H groups in total. The Bertz CT molecular complexity index is 4160. The van der Waals surface area contributed by atoms with Gasteiger partial charge in [-0.25, -0.2) is 19.5 Å². The van der Waals surface area contributed by atoms with Gasteiger partial charge in [-0.05, 0) is 129 Å². The van der Waals surface area contributed by atoms with Crippen LogP contribution in [0.4, 0.5) is 17.1 Å². The van der Waals surface area contributed by atoms with E-state index in [1.54, 1.807) is 0 Å². The van der Waals surface area contributed by atoms with Gasteiger partial charge in [-0.3, -0.25) is 4.57 Å². The average molecular weight is 915 g/mol. The first-order valence-electron chi connectivity index (χ1n) is 23.0. The van der Waals surface area contributed by atoms with Crippen LogP contribution in [0.15, 0.2) is 206 Å². The standard InChI is InChI=1S/C64H34N8/c1-67-51-22-12-44(13-23-51)49-18-28-59-55(32-49)56-33-50(45-14-24-52(68-2)25-15-45)19-29-60(56)71(59)63-39-70-64(36-54(63)46-16-26-53(69-3)27-17-46)72-61-30-20-47(42-8-4-40(37-65)5-9-42)34-57(61)58-35-48(21-31-62(58)72)43-10-6-41(38-66)7-11-43/h4-36,39H. The molecular weight excluding hydrogens is 881 g/mol. The van der Waals surface area contributed by atoms with E-state index >= 15 is 0 Å². The highest BCUT2D eigenvalue weighted by molar-refractivity contribution is 6.13. The van der Waals surface area contributed by atoms with Gasteiger partial charge in [0.05, 0.1) is 76.9 Å². The number of nitrogens with zero attached hydrogens (tertiary/aromatic N) is 8. The summed E-state index contributed by atoms with van der Waals surface area (Å²) in [4.78, 5) is 16.3. The van der Waals surface area contributed by atoms with Crippen molar-refractivity contribution in [3.8, 4) is 79.3 Å². The first-order valence-corrected chi connectivity index (χ1v) is 23.0. The highest BCUT2D eigenvalue weighted by Gasteiger charge is 2.22. The molecule has 0 radical (unpaired) electrons. The molecule has 12 aromatic rings. The molecule has 0 aliphatic carbocycles. The quantitative estimate of drug-likeness (QED) is 0.149. The number of hydrogen-bond acceptors (Lipinski definition) is 3. The molecule has 3 heterocycles. The lowest BCUT2D eigenvalue weighted by atomic mass is 9.99. The van der Waals surface area contributed by atoms with Crippen LogP contribution in [0.25, 0.3) is 125 Å². The molecule has 0 unspecified atom stereocenters. The molecule has 0 amide bonds. The minimum Gasteiger partial charge on any atom is -0.307 e. The maximum atomic E-state index is 9.52. The number of pyridine rings is 1. The molecule has 8 nitrogen and oxygen atoms in total. The third-order valence-electron chi connectivity index (χ3n) is 13.5. The van der Waals surface area contributed by atoms with Crippen molar-refractivity contribution in [2.75, 3.05) is 0 Å². The van der Waals surface area contributed by atoms with E-state index in [2.05, 4.69) is 115 Å². The maximum absolute atomic E-state index is 9.52. The number of rotatable bonds is 7. The predicted octanol–water partition coefficient (Wildman–Crippen LogP) is 17.0. The Hall–Kier alpha value is -10.8. The lowest BCUT2D eigenvalue weighted by molar-refractivity contribution is 1.06. The molecule has 0 aliphatic rings. The van der Waals surface area contributed by atoms with Gasteiger partial charge in [-0.15, -0.1) is 0 Å². The fraction of sp³-hybridized carbons (Fsp3) is 0. The van der Waals surface area contributed by atoms with Crippen molar-refractivity contribution >= 4 is 60.7 Å². The molecule has 0 aliphatic heterocycles. The number of aromatic nitrogens is 3. The lowest BCUT2D eigenvalue weighted by Gasteiger charge is -2.17. The second kappa shape index (κ2) is 17.4. The molecule has 9 aromatic carbocycles. The molecule has 0 fully saturated rings. The lowest BCUT2D eigenvalue weighted by Crippen LogP contribution is -2.03. The van der Waals surface area contributed by atoms with E-state index in [0.29, 0.717) is 34.0 Å². The van der Waals surface area contributed by atoms with E-state index in [-0.39, 0.29) is 0 Å². The first-order chi connectivity index (χ1) is 35.4. The smallest absolute Gasteiger partial charge is 0.187 e. The van der Waals surface area contributed by atoms with Gasteiger partial charge in [-0.2, -0.15) is 10.5 Å². The van der Waals surface area contributed by atoms with Crippen LogP contribution in [0.2, 0.25) is 0 Å². The largest absolute Gasteiger partial charge is 0.307 e. The fourth-order valence-corrected chi connectivity index (χ4v) is 9.89. The summed E-state index contributed by atoms with van der Waals surface area (Å²) in [6.45, 7) is 22.8. The molecule has 330 valence electrons. The monoisotopic (exact) mass is 914 g/mol. The Morgan fingerprint density at radius 1 is 0.347 bits per heavy atom. The number of nitriles is 2. The van der Waals surface area contributed by atoms with Gasteiger partial charge < -0.3 is 4.57 Å². The Kier molecular flexibility index (Phi) is 10.3. The van der Waals surface area contributed by atoms with Crippen LogP contribution in [-0.4, -0.2) is 14.1 Å². The van der Waals surface area contributed by atoms with E-state index in [1.807, 2.05) is 128 Å². The molecule has 8 heteroatoms. The second-order valence-corrected chi connectivity index (χ2v) is 17.5. The van der Waals surface area contributed by atoms with E-state index in [9.17, 15) is 10.5 Å². The van der Waals surface area contributed by atoms with Gasteiger partial charge in [0.25, 0.3) is 0 Å². The Morgan fingerprint density at radius 3 is 0.986 bits per heavy atom. The molecule has 72 heavy (non-hydrogen) atoms. The van der Waals surface area contributed by atoms with Gasteiger partial charge in [0.15, 0.2) is 17.1 Å². The van der Waals surface area contributed by atoms with Crippen LogP contribution in [-0.2, 0) is 0 Å². The summed E-state index contributed by atoms with van der Waals surface area (Å²) in [5.41, 5.74) is 17.5. The molecule has 0 saturated heterocycles. The van der Waals surface area contributed by atoms with Crippen LogP contribution >= 0.6 is 0 Å². The summed E-state index contributed by atoms with van der Waals surface area (Å²) in [6, 6.07) is 70.8. The van der Waals surface area contributed by atoms with Gasteiger partial charge in [-0.1, -0.05) is 121 Å². The van der Waals surface area contributed by atoms with E-state index < -0.39 is 0 Å². The summed E-state index contributed by atoms with van der Waals surface area (Å²) in [7, 11) is 0. The molecule has 0 spiro atoms. The van der Waals surface area contributed by atoms with Gasteiger partial charge in [0, 0.05) is 27.1 Å². The van der Waals surface area contributed by atoms with Crippen LogP contribution in [0.1, 0.15) is 11.1 Å². The number of fused-ring (bicyclic) bond motifs is 6. The minimum absolute atomic E-state index is 0.541. The number of hydrogen-bond donors (Lipinski definition) is 0. The minimum atomic E-state index is 0.541. The Labute approximate surface area is 414 Å². The zero-order chi connectivity index (χ0) is 48.9. The van der Waals surface area contributed by atoms with Crippen LogP contribution in [0.5, 0.6) is 0 Å². The topological polar surface area (TPSA) is 83.4 Å². The summed E-state index contributed by atoms with van der Waals surface area (Å²) in [5.74, 6) is 0.705. The van der Waals surface area contributed by atoms with Crippen molar-refractivity contribution < 1.29 is 0 Å². The van der Waals surface area contributed by atoms with Crippen molar-refractivity contribution in [3.63, 3.8) is 0 Å². The highest BCUT2D eigenvalue weighted by atomic mass is 15.1. The van der Waals surface area contributed by atoms with E-state index in [1.165, 1.54) is 0 Å².